The van der Waals surface area contributed by atoms with Gasteiger partial charge in [-0.25, -0.2) is 0 Å². The lowest BCUT2D eigenvalue weighted by Gasteiger charge is -1.96. The molecule has 13 heavy (non-hydrogen) atoms. The predicted molar refractivity (Wildman–Crippen MR) is 57.7 cm³/mol. The van der Waals surface area contributed by atoms with Crippen LogP contribution < -0.4 is 0 Å². The van der Waals surface area contributed by atoms with Crippen LogP contribution in [-0.4, -0.2) is 14.6 Å². The van der Waals surface area contributed by atoms with Gasteiger partial charge in [0.15, 0.2) is 5.65 Å². The maximum absolute atomic E-state index is 4.21. The van der Waals surface area contributed by atoms with Crippen molar-refractivity contribution in [3.63, 3.8) is 0 Å². The molecule has 3 nitrogen and oxygen atoms in total. The van der Waals surface area contributed by atoms with Gasteiger partial charge in [0.25, 0.3) is 0 Å². The van der Waals surface area contributed by atoms with Crippen LogP contribution in [0.25, 0.3) is 5.65 Å². The van der Waals surface area contributed by atoms with E-state index in [4.69, 9.17) is 0 Å². The minimum Gasteiger partial charge on any atom is -0.286 e. The van der Waals surface area contributed by atoms with E-state index in [1.807, 2.05) is 0 Å². The maximum Gasteiger partial charge on any atom is 0.161 e. The number of halogens is 1. The summed E-state index contributed by atoms with van der Waals surface area (Å²) in [6, 6.07) is 4.14. The Morgan fingerprint density at radius 2 is 2.23 bits per heavy atom. The Bertz CT molecular complexity index is 459. The highest BCUT2D eigenvalue weighted by Crippen LogP contribution is 2.38. The van der Waals surface area contributed by atoms with Gasteiger partial charge in [0.05, 0.1) is 0 Å². The van der Waals surface area contributed by atoms with E-state index >= 15 is 0 Å². The van der Waals surface area contributed by atoms with Crippen LogP contribution in [0.15, 0.2) is 18.3 Å². The summed E-state index contributed by atoms with van der Waals surface area (Å²) in [6.07, 6.45) is 4.60. The van der Waals surface area contributed by atoms with E-state index in [0.29, 0.717) is 5.92 Å². The fraction of sp³-hybridized carbons (Fsp3) is 0.333. The number of nitrogens with zero attached hydrogens (tertiary/aromatic N) is 3. The molecule has 66 valence electrons. The number of aromatic nitrogens is 3. The minimum absolute atomic E-state index is 0.662. The van der Waals surface area contributed by atoms with E-state index in [1.165, 1.54) is 16.4 Å². The molecule has 0 unspecified atom stereocenters. The Kier molecular flexibility index (Phi) is 1.59. The Labute approximate surface area is 89.3 Å². The molecule has 1 aliphatic rings. The van der Waals surface area contributed by atoms with Crippen LogP contribution in [0.1, 0.15) is 24.6 Å². The third kappa shape index (κ3) is 1.23. The van der Waals surface area contributed by atoms with Crippen molar-refractivity contribution in [1.82, 2.24) is 14.6 Å². The smallest absolute Gasteiger partial charge is 0.161 e. The monoisotopic (exact) mass is 285 g/mol. The lowest BCUT2D eigenvalue weighted by atomic mass is 10.4. The van der Waals surface area contributed by atoms with E-state index < -0.39 is 0 Å². The molecule has 0 saturated heterocycles. The van der Waals surface area contributed by atoms with E-state index in [1.54, 1.807) is 0 Å². The van der Waals surface area contributed by atoms with Crippen molar-refractivity contribution in [2.45, 2.75) is 18.8 Å². The Hall–Kier alpha value is -0.650. The van der Waals surface area contributed by atoms with Crippen LogP contribution in [0.4, 0.5) is 0 Å². The molecule has 1 saturated carbocycles. The first-order valence-electron chi connectivity index (χ1n) is 4.35. The van der Waals surface area contributed by atoms with Gasteiger partial charge >= 0.3 is 0 Å². The van der Waals surface area contributed by atoms with E-state index in [2.05, 4.69) is 55.5 Å². The molecule has 0 radical (unpaired) electrons. The highest BCUT2D eigenvalue weighted by Gasteiger charge is 2.28. The molecule has 0 atom stereocenters. The minimum atomic E-state index is 0.662. The standard InChI is InChI=1S/C9H8IN3/c10-7-3-4-13-8(5-7)11-12-9(13)6-1-2-6/h3-6H,1-2H2. The van der Waals surface area contributed by atoms with Gasteiger partial charge in [-0.3, -0.25) is 4.40 Å². The van der Waals surface area contributed by atoms with Gasteiger partial charge in [-0.05, 0) is 47.6 Å². The molecule has 1 fully saturated rings. The van der Waals surface area contributed by atoms with Gasteiger partial charge in [-0.15, -0.1) is 10.2 Å². The predicted octanol–water partition coefficient (Wildman–Crippen LogP) is 2.21. The van der Waals surface area contributed by atoms with Gasteiger partial charge < -0.3 is 0 Å². The molecule has 2 aromatic rings. The summed E-state index contributed by atoms with van der Waals surface area (Å²) in [5.74, 6) is 1.79. The second-order valence-corrected chi connectivity index (χ2v) is 4.65. The lowest BCUT2D eigenvalue weighted by molar-refractivity contribution is 0.897. The van der Waals surface area contributed by atoms with Crippen molar-refractivity contribution < 1.29 is 0 Å². The molecule has 2 aromatic heterocycles. The van der Waals surface area contributed by atoms with Gasteiger partial charge in [0.1, 0.15) is 5.82 Å². The zero-order chi connectivity index (χ0) is 8.84. The Balaban J connectivity index is 2.26. The van der Waals surface area contributed by atoms with Crippen LogP contribution >= 0.6 is 22.6 Å². The van der Waals surface area contributed by atoms with E-state index in [0.717, 1.165) is 11.5 Å². The van der Waals surface area contributed by atoms with Gasteiger partial charge in [0.2, 0.25) is 0 Å². The van der Waals surface area contributed by atoms with E-state index in [-0.39, 0.29) is 0 Å². The summed E-state index contributed by atoms with van der Waals surface area (Å²) in [5, 5.41) is 8.36. The number of hydrogen-bond donors (Lipinski definition) is 0. The second-order valence-electron chi connectivity index (χ2n) is 3.41. The quantitative estimate of drug-likeness (QED) is 0.752. The third-order valence-corrected chi connectivity index (χ3v) is 3.01. The summed E-state index contributed by atoms with van der Waals surface area (Å²) < 4.78 is 3.31. The first kappa shape index (κ1) is 7.73. The molecular weight excluding hydrogens is 277 g/mol. The summed E-state index contributed by atoms with van der Waals surface area (Å²) in [4.78, 5) is 0. The summed E-state index contributed by atoms with van der Waals surface area (Å²) in [7, 11) is 0. The number of rotatable bonds is 1. The SMILES string of the molecule is Ic1ccn2c(C3CC3)nnc2c1. The summed E-state index contributed by atoms with van der Waals surface area (Å²) >= 11 is 2.29. The van der Waals surface area contributed by atoms with Crippen molar-refractivity contribution >= 4 is 28.2 Å². The summed E-state index contributed by atoms with van der Waals surface area (Å²) in [5.41, 5.74) is 0.966. The van der Waals surface area contributed by atoms with Gasteiger partial charge in [0, 0.05) is 15.7 Å². The molecule has 0 spiro atoms. The first-order chi connectivity index (χ1) is 6.34. The highest BCUT2D eigenvalue weighted by molar-refractivity contribution is 14.1. The number of fused-ring (bicyclic) bond motifs is 1. The zero-order valence-electron chi connectivity index (χ0n) is 6.94. The largest absolute Gasteiger partial charge is 0.286 e. The Morgan fingerprint density at radius 1 is 1.38 bits per heavy atom. The van der Waals surface area contributed by atoms with Crippen molar-refractivity contribution in [3.05, 3.63) is 27.7 Å². The number of hydrogen-bond acceptors (Lipinski definition) is 2. The molecule has 2 heterocycles. The fourth-order valence-corrected chi connectivity index (χ4v) is 1.94. The van der Waals surface area contributed by atoms with E-state index in [9.17, 15) is 0 Å². The second kappa shape index (κ2) is 2.67. The zero-order valence-corrected chi connectivity index (χ0v) is 9.10. The van der Waals surface area contributed by atoms with Crippen LogP contribution in [0.3, 0.4) is 0 Å². The highest BCUT2D eigenvalue weighted by atomic mass is 127. The van der Waals surface area contributed by atoms with Gasteiger partial charge in [-0.2, -0.15) is 0 Å². The molecule has 0 aromatic carbocycles. The Morgan fingerprint density at radius 3 is 3.00 bits per heavy atom. The maximum atomic E-state index is 4.21. The normalized spacial score (nSPS) is 16.7. The topological polar surface area (TPSA) is 30.2 Å². The van der Waals surface area contributed by atoms with Crippen LogP contribution in [-0.2, 0) is 0 Å². The average Bonchev–Trinajstić information content (AvgIpc) is 2.87. The van der Waals surface area contributed by atoms with Crippen LogP contribution in [0.5, 0.6) is 0 Å². The first-order valence-corrected chi connectivity index (χ1v) is 5.42. The van der Waals surface area contributed by atoms with Crippen LogP contribution in [0, 0.1) is 3.57 Å². The summed E-state index contributed by atoms with van der Waals surface area (Å²) in [6.45, 7) is 0. The average molecular weight is 285 g/mol. The van der Waals surface area contributed by atoms with Crippen molar-refractivity contribution in [3.8, 4) is 0 Å². The molecule has 0 bridgehead atoms. The molecular formula is C9H8IN3. The molecule has 0 aliphatic heterocycles. The van der Waals surface area contributed by atoms with Crippen molar-refractivity contribution in [1.29, 1.82) is 0 Å². The fourth-order valence-electron chi connectivity index (χ4n) is 1.50. The number of pyridine rings is 1. The van der Waals surface area contributed by atoms with Crippen molar-refractivity contribution in [2.75, 3.05) is 0 Å². The molecule has 1 aliphatic carbocycles. The lowest BCUT2D eigenvalue weighted by Crippen LogP contribution is -1.91. The molecule has 0 amide bonds. The molecule has 3 rings (SSSR count). The molecule has 4 heteroatoms. The van der Waals surface area contributed by atoms with Gasteiger partial charge in [-0.1, -0.05) is 0 Å². The molecule has 0 N–H and O–H groups in total. The van der Waals surface area contributed by atoms with Crippen molar-refractivity contribution in [2.24, 2.45) is 0 Å². The third-order valence-electron chi connectivity index (χ3n) is 2.34. The van der Waals surface area contributed by atoms with Crippen LogP contribution in [0.2, 0.25) is 0 Å².